The molecule has 19 heavy (non-hydrogen) atoms. The zero-order chi connectivity index (χ0) is 13.8. The number of rotatable bonds is 4. The third-order valence-electron chi connectivity index (χ3n) is 2.93. The fourth-order valence-corrected chi connectivity index (χ4v) is 2.17. The third-order valence-corrected chi connectivity index (χ3v) is 3.53. The summed E-state index contributed by atoms with van der Waals surface area (Å²) in [6, 6.07) is 13.6. The summed E-state index contributed by atoms with van der Waals surface area (Å²) >= 11 is 11.9. The average molecular weight is 295 g/mol. The maximum Gasteiger partial charge on any atom is 0.146 e. The molecule has 0 unspecified atom stereocenters. The fourth-order valence-electron chi connectivity index (χ4n) is 1.76. The molecule has 0 spiro atoms. The molecule has 0 aliphatic heterocycles. The molecular weight excluding hydrogens is 279 g/mol. The lowest BCUT2D eigenvalue weighted by Crippen LogP contribution is -1.89. The van der Waals surface area contributed by atoms with Crippen molar-refractivity contribution in [1.29, 1.82) is 0 Å². The van der Waals surface area contributed by atoms with Gasteiger partial charge >= 0.3 is 0 Å². The van der Waals surface area contributed by atoms with Crippen molar-refractivity contribution in [2.45, 2.75) is 25.6 Å². The standard InChI is InChI=1S/C16H16Cl2O/c1-11(2)13-4-6-14(7-5-13)19-16-8-3-12(10-17)9-15(16)18/h3-9,11H,10H2,1-2H3. The van der Waals surface area contributed by atoms with E-state index in [1.165, 1.54) is 5.56 Å². The highest BCUT2D eigenvalue weighted by molar-refractivity contribution is 6.32. The normalized spacial score (nSPS) is 10.8. The highest BCUT2D eigenvalue weighted by Gasteiger charge is 2.05. The molecule has 2 aromatic rings. The first-order valence-electron chi connectivity index (χ1n) is 6.22. The Morgan fingerprint density at radius 3 is 2.26 bits per heavy atom. The van der Waals surface area contributed by atoms with E-state index in [4.69, 9.17) is 27.9 Å². The van der Waals surface area contributed by atoms with Crippen molar-refractivity contribution in [3.63, 3.8) is 0 Å². The van der Waals surface area contributed by atoms with Crippen LogP contribution in [0.4, 0.5) is 0 Å². The molecule has 3 heteroatoms. The Labute approximate surface area is 124 Å². The van der Waals surface area contributed by atoms with Gasteiger partial charge in [0.15, 0.2) is 0 Å². The molecule has 0 N–H and O–H groups in total. The minimum Gasteiger partial charge on any atom is -0.456 e. The summed E-state index contributed by atoms with van der Waals surface area (Å²) in [4.78, 5) is 0. The summed E-state index contributed by atoms with van der Waals surface area (Å²) in [6.07, 6.45) is 0. The van der Waals surface area contributed by atoms with E-state index in [2.05, 4.69) is 26.0 Å². The van der Waals surface area contributed by atoms with E-state index in [0.717, 1.165) is 11.3 Å². The van der Waals surface area contributed by atoms with Crippen LogP contribution in [0.5, 0.6) is 11.5 Å². The van der Waals surface area contributed by atoms with Crippen molar-refractivity contribution in [1.82, 2.24) is 0 Å². The highest BCUT2D eigenvalue weighted by atomic mass is 35.5. The molecule has 2 rings (SSSR count). The van der Waals surface area contributed by atoms with Gasteiger partial charge in [-0.25, -0.2) is 0 Å². The summed E-state index contributed by atoms with van der Waals surface area (Å²) in [6.45, 7) is 4.33. The number of ether oxygens (including phenoxy) is 1. The van der Waals surface area contributed by atoms with Crippen LogP contribution in [0.2, 0.25) is 5.02 Å². The van der Waals surface area contributed by atoms with Crippen molar-refractivity contribution >= 4 is 23.2 Å². The van der Waals surface area contributed by atoms with Gasteiger partial charge in [-0.2, -0.15) is 0 Å². The van der Waals surface area contributed by atoms with Gasteiger partial charge in [-0.3, -0.25) is 0 Å². The van der Waals surface area contributed by atoms with Crippen LogP contribution in [0.1, 0.15) is 30.9 Å². The quantitative estimate of drug-likeness (QED) is 0.629. The minimum absolute atomic E-state index is 0.448. The smallest absolute Gasteiger partial charge is 0.146 e. The van der Waals surface area contributed by atoms with E-state index in [1.807, 2.05) is 30.3 Å². The Morgan fingerprint density at radius 2 is 1.74 bits per heavy atom. The van der Waals surface area contributed by atoms with Gasteiger partial charge in [-0.05, 0) is 41.3 Å². The number of benzene rings is 2. The molecule has 0 atom stereocenters. The predicted octanol–water partition coefficient (Wildman–Crippen LogP) is 5.99. The van der Waals surface area contributed by atoms with E-state index >= 15 is 0 Å². The van der Waals surface area contributed by atoms with Crippen LogP contribution in [0.15, 0.2) is 42.5 Å². The van der Waals surface area contributed by atoms with Crippen LogP contribution in [0.25, 0.3) is 0 Å². The lowest BCUT2D eigenvalue weighted by molar-refractivity contribution is 0.482. The lowest BCUT2D eigenvalue weighted by atomic mass is 10.0. The second-order valence-electron chi connectivity index (χ2n) is 4.72. The first-order chi connectivity index (χ1) is 9.10. The van der Waals surface area contributed by atoms with Crippen molar-refractivity contribution in [2.24, 2.45) is 0 Å². The van der Waals surface area contributed by atoms with Crippen LogP contribution in [-0.2, 0) is 5.88 Å². The first kappa shape index (κ1) is 14.2. The molecule has 0 heterocycles. The third kappa shape index (κ3) is 3.65. The van der Waals surface area contributed by atoms with Gasteiger partial charge in [-0.1, -0.05) is 43.6 Å². The Morgan fingerprint density at radius 1 is 1.05 bits per heavy atom. The molecule has 2 aromatic carbocycles. The minimum atomic E-state index is 0.448. The van der Waals surface area contributed by atoms with E-state index in [-0.39, 0.29) is 0 Å². The molecule has 0 saturated carbocycles. The second kappa shape index (κ2) is 6.31. The monoisotopic (exact) mass is 294 g/mol. The summed E-state index contributed by atoms with van der Waals surface area (Å²) < 4.78 is 5.77. The van der Waals surface area contributed by atoms with Crippen LogP contribution in [0, 0.1) is 0 Å². The zero-order valence-electron chi connectivity index (χ0n) is 11.0. The predicted molar refractivity (Wildman–Crippen MR) is 81.6 cm³/mol. The molecule has 1 nitrogen and oxygen atoms in total. The van der Waals surface area contributed by atoms with Crippen LogP contribution < -0.4 is 4.74 Å². The van der Waals surface area contributed by atoms with E-state index in [0.29, 0.717) is 22.6 Å². The molecule has 0 fully saturated rings. The Hall–Kier alpha value is -1.18. The van der Waals surface area contributed by atoms with E-state index in [1.54, 1.807) is 0 Å². The van der Waals surface area contributed by atoms with Crippen LogP contribution in [0.3, 0.4) is 0 Å². The summed E-state index contributed by atoms with van der Waals surface area (Å²) in [5.74, 6) is 2.39. The van der Waals surface area contributed by atoms with Crippen LogP contribution in [-0.4, -0.2) is 0 Å². The van der Waals surface area contributed by atoms with Gasteiger partial charge < -0.3 is 4.74 Å². The van der Waals surface area contributed by atoms with Crippen molar-refractivity contribution in [3.05, 3.63) is 58.6 Å². The van der Waals surface area contributed by atoms with Gasteiger partial charge in [0.05, 0.1) is 5.02 Å². The van der Waals surface area contributed by atoms with Gasteiger partial charge in [0, 0.05) is 5.88 Å². The average Bonchev–Trinajstić information content (AvgIpc) is 2.41. The van der Waals surface area contributed by atoms with Crippen molar-refractivity contribution in [3.8, 4) is 11.5 Å². The molecule has 0 saturated heterocycles. The SMILES string of the molecule is CC(C)c1ccc(Oc2ccc(CCl)cc2Cl)cc1. The maximum absolute atomic E-state index is 6.16. The zero-order valence-corrected chi connectivity index (χ0v) is 12.5. The van der Waals surface area contributed by atoms with E-state index in [9.17, 15) is 0 Å². The Bertz CT molecular complexity index is 547. The molecule has 0 aliphatic rings. The fraction of sp³-hybridized carbons (Fsp3) is 0.250. The number of halogens is 2. The molecule has 0 aliphatic carbocycles. The largest absolute Gasteiger partial charge is 0.456 e. The highest BCUT2D eigenvalue weighted by Crippen LogP contribution is 2.31. The van der Waals surface area contributed by atoms with Gasteiger partial charge in [0.2, 0.25) is 0 Å². The van der Waals surface area contributed by atoms with Gasteiger partial charge in [0.25, 0.3) is 0 Å². The molecule has 100 valence electrons. The number of hydrogen-bond donors (Lipinski definition) is 0. The number of hydrogen-bond acceptors (Lipinski definition) is 1. The lowest BCUT2D eigenvalue weighted by Gasteiger charge is -2.10. The molecule has 0 aromatic heterocycles. The molecule has 0 radical (unpaired) electrons. The maximum atomic E-state index is 6.16. The van der Waals surface area contributed by atoms with Crippen molar-refractivity contribution in [2.75, 3.05) is 0 Å². The van der Waals surface area contributed by atoms with Gasteiger partial charge in [0.1, 0.15) is 11.5 Å². The summed E-state index contributed by atoms with van der Waals surface area (Å²) in [7, 11) is 0. The van der Waals surface area contributed by atoms with Gasteiger partial charge in [-0.15, -0.1) is 11.6 Å². The Kier molecular flexibility index (Phi) is 4.73. The molecule has 0 bridgehead atoms. The van der Waals surface area contributed by atoms with E-state index < -0.39 is 0 Å². The summed E-state index contributed by atoms with van der Waals surface area (Å²) in [5, 5.41) is 0.575. The number of alkyl halides is 1. The van der Waals surface area contributed by atoms with Crippen LogP contribution >= 0.6 is 23.2 Å². The van der Waals surface area contributed by atoms with Crippen molar-refractivity contribution < 1.29 is 4.74 Å². The topological polar surface area (TPSA) is 9.23 Å². The first-order valence-corrected chi connectivity index (χ1v) is 7.13. The second-order valence-corrected chi connectivity index (χ2v) is 5.40. The molecule has 0 amide bonds. The molecular formula is C16H16Cl2O. The summed E-state index contributed by atoms with van der Waals surface area (Å²) in [5.41, 5.74) is 2.27. The Balaban J connectivity index is 2.16.